The van der Waals surface area contributed by atoms with Crippen molar-refractivity contribution in [1.29, 1.82) is 0 Å². The van der Waals surface area contributed by atoms with Crippen molar-refractivity contribution in [2.24, 2.45) is 5.92 Å². The van der Waals surface area contributed by atoms with Gasteiger partial charge in [0.2, 0.25) is 5.91 Å². The first-order chi connectivity index (χ1) is 11.3. The molecule has 1 saturated heterocycles. The average Bonchev–Trinajstić information content (AvgIpc) is 3.41. The molecule has 1 saturated carbocycles. The third-order valence-electron chi connectivity index (χ3n) is 4.33. The van der Waals surface area contributed by atoms with Gasteiger partial charge in [-0.25, -0.2) is 0 Å². The van der Waals surface area contributed by atoms with Crippen LogP contribution < -0.4 is 5.32 Å². The molecule has 6 heteroatoms. The van der Waals surface area contributed by atoms with Crippen LogP contribution in [-0.4, -0.2) is 60.1 Å². The number of hydrogen-bond acceptors (Lipinski definition) is 5. The van der Waals surface area contributed by atoms with E-state index >= 15 is 0 Å². The monoisotopic (exact) mass is 335 g/mol. The number of aromatic nitrogens is 1. The Kier molecular flexibility index (Phi) is 6.30. The second-order valence-corrected chi connectivity index (χ2v) is 7.24. The number of pyridine rings is 1. The summed E-state index contributed by atoms with van der Waals surface area (Å²) in [5, 5.41) is 3.10. The lowest BCUT2D eigenvalue weighted by Gasteiger charge is -2.34. The fourth-order valence-corrected chi connectivity index (χ4v) is 3.86. The first kappa shape index (κ1) is 16.7. The molecule has 2 aliphatic rings. The first-order valence-corrected chi connectivity index (χ1v) is 9.54. The molecule has 2 heterocycles. The zero-order chi connectivity index (χ0) is 15.9. The van der Waals surface area contributed by atoms with E-state index in [0.717, 1.165) is 43.5 Å². The van der Waals surface area contributed by atoms with Crippen molar-refractivity contribution in [2.45, 2.75) is 18.9 Å². The van der Waals surface area contributed by atoms with Gasteiger partial charge in [0.25, 0.3) is 0 Å². The minimum absolute atomic E-state index is 0.137. The van der Waals surface area contributed by atoms with Crippen molar-refractivity contribution in [3.63, 3.8) is 0 Å². The maximum atomic E-state index is 12.1. The molecule has 5 nitrogen and oxygen atoms in total. The molecular weight excluding hydrogens is 310 g/mol. The number of rotatable bonds is 8. The van der Waals surface area contributed by atoms with E-state index < -0.39 is 0 Å². The number of nitrogens with one attached hydrogen (secondary N) is 1. The van der Waals surface area contributed by atoms with Gasteiger partial charge in [0.05, 0.1) is 25.0 Å². The highest BCUT2D eigenvalue weighted by molar-refractivity contribution is 7.99. The summed E-state index contributed by atoms with van der Waals surface area (Å²) in [4.78, 5) is 18.7. The molecule has 1 aromatic heterocycles. The number of nitrogens with zero attached hydrogens (tertiary/aromatic N) is 2. The highest BCUT2D eigenvalue weighted by Gasteiger charge is 2.24. The summed E-state index contributed by atoms with van der Waals surface area (Å²) >= 11 is 1.76. The summed E-state index contributed by atoms with van der Waals surface area (Å²) in [6.07, 6.45) is 6.37. The standard InChI is InChI=1S/C17H25N3O2S/c21-17(13-23-12-14-3-4-14)19-11-16(15-2-1-5-18-10-15)20-6-8-22-9-7-20/h1-2,5,10,14,16H,3-4,6-9,11-13H2,(H,19,21). The van der Waals surface area contributed by atoms with Crippen LogP contribution in [0.1, 0.15) is 24.4 Å². The Morgan fingerprint density at radius 1 is 1.43 bits per heavy atom. The van der Waals surface area contributed by atoms with E-state index in [1.165, 1.54) is 12.8 Å². The normalized spacial score (nSPS) is 20.2. The molecular formula is C17H25N3O2S. The Hall–Kier alpha value is -1.11. The summed E-state index contributed by atoms with van der Waals surface area (Å²) in [5.41, 5.74) is 1.15. The Bertz CT molecular complexity index is 490. The molecule has 1 amide bonds. The van der Waals surface area contributed by atoms with Crippen molar-refractivity contribution >= 4 is 17.7 Å². The van der Waals surface area contributed by atoms with Crippen LogP contribution in [0.3, 0.4) is 0 Å². The van der Waals surface area contributed by atoms with Crippen LogP contribution in [0.25, 0.3) is 0 Å². The van der Waals surface area contributed by atoms with E-state index in [4.69, 9.17) is 4.74 Å². The van der Waals surface area contributed by atoms with Crippen LogP contribution in [0.2, 0.25) is 0 Å². The van der Waals surface area contributed by atoms with Crippen LogP contribution in [0, 0.1) is 5.92 Å². The predicted octanol–water partition coefficient (Wildman–Crippen LogP) is 1.71. The number of amides is 1. The lowest BCUT2D eigenvalue weighted by atomic mass is 10.1. The van der Waals surface area contributed by atoms with Gasteiger partial charge in [-0.3, -0.25) is 14.7 Å². The number of carbonyl (C=O) groups excluding carboxylic acids is 1. The second-order valence-electron chi connectivity index (χ2n) is 6.21. The van der Waals surface area contributed by atoms with Gasteiger partial charge >= 0.3 is 0 Å². The van der Waals surface area contributed by atoms with Crippen LogP contribution in [0.5, 0.6) is 0 Å². The van der Waals surface area contributed by atoms with Crippen LogP contribution in [0.15, 0.2) is 24.5 Å². The van der Waals surface area contributed by atoms with Crippen LogP contribution >= 0.6 is 11.8 Å². The summed E-state index contributed by atoms with van der Waals surface area (Å²) < 4.78 is 5.44. The predicted molar refractivity (Wildman–Crippen MR) is 92.4 cm³/mol. The van der Waals surface area contributed by atoms with E-state index in [9.17, 15) is 4.79 Å². The first-order valence-electron chi connectivity index (χ1n) is 8.39. The summed E-state index contributed by atoms with van der Waals surface area (Å²) in [6, 6.07) is 4.21. The zero-order valence-electron chi connectivity index (χ0n) is 13.4. The fourth-order valence-electron chi connectivity index (χ4n) is 2.78. The molecule has 126 valence electrons. The fraction of sp³-hybridized carbons (Fsp3) is 0.647. The van der Waals surface area contributed by atoms with Crippen LogP contribution in [0.4, 0.5) is 0 Å². The molecule has 1 aromatic rings. The average molecular weight is 335 g/mol. The number of morpholine rings is 1. The number of carbonyl (C=O) groups is 1. The second kappa shape index (κ2) is 8.66. The van der Waals surface area contributed by atoms with E-state index in [1.54, 1.807) is 18.0 Å². The Morgan fingerprint density at radius 2 is 2.26 bits per heavy atom. The maximum absolute atomic E-state index is 12.1. The van der Waals surface area contributed by atoms with Gasteiger partial charge in [-0.2, -0.15) is 11.8 Å². The quantitative estimate of drug-likeness (QED) is 0.784. The zero-order valence-corrected chi connectivity index (χ0v) is 14.3. The molecule has 0 radical (unpaired) electrons. The van der Waals surface area contributed by atoms with Gasteiger partial charge in [0.15, 0.2) is 0 Å². The SMILES string of the molecule is O=C(CSCC1CC1)NCC(c1cccnc1)N1CCOCC1. The molecule has 0 spiro atoms. The smallest absolute Gasteiger partial charge is 0.230 e. The lowest BCUT2D eigenvalue weighted by Crippen LogP contribution is -2.44. The molecule has 23 heavy (non-hydrogen) atoms. The number of hydrogen-bond donors (Lipinski definition) is 1. The van der Waals surface area contributed by atoms with Crippen LogP contribution in [-0.2, 0) is 9.53 Å². The molecule has 1 aliphatic carbocycles. The maximum Gasteiger partial charge on any atom is 0.230 e. The molecule has 1 unspecified atom stereocenters. The Morgan fingerprint density at radius 3 is 2.96 bits per heavy atom. The molecule has 1 atom stereocenters. The summed E-state index contributed by atoms with van der Waals surface area (Å²) in [7, 11) is 0. The van der Waals surface area contributed by atoms with Gasteiger partial charge in [-0.15, -0.1) is 0 Å². The molecule has 2 fully saturated rings. The summed E-state index contributed by atoms with van der Waals surface area (Å²) in [6.45, 7) is 3.93. The highest BCUT2D eigenvalue weighted by atomic mass is 32.2. The number of thioether (sulfide) groups is 1. The highest BCUT2D eigenvalue weighted by Crippen LogP contribution is 2.32. The molecule has 1 aliphatic heterocycles. The molecule has 1 N–H and O–H groups in total. The third kappa shape index (κ3) is 5.48. The van der Waals surface area contributed by atoms with Crippen molar-refractivity contribution in [3.8, 4) is 0 Å². The number of ether oxygens (including phenoxy) is 1. The van der Waals surface area contributed by atoms with Crippen molar-refractivity contribution < 1.29 is 9.53 Å². The Balaban J connectivity index is 1.51. The van der Waals surface area contributed by atoms with E-state index in [1.807, 2.05) is 12.3 Å². The Labute approximate surface area is 142 Å². The van der Waals surface area contributed by atoms with Gasteiger partial charge in [-0.1, -0.05) is 6.07 Å². The van der Waals surface area contributed by atoms with Gasteiger partial charge in [0.1, 0.15) is 0 Å². The molecule has 0 bridgehead atoms. The molecule has 0 aromatic carbocycles. The van der Waals surface area contributed by atoms with Gasteiger partial charge in [0, 0.05) is 32.0 Å². The largest absolute Gasteiger partial charge is 0.379 e. The van der Waals surface area contributed by atoms with E-state index in [0.29, 0.717) is 12.3 Å². The topological polar surface area (TPSA) is 54.5 Å². The summed E-state index contributed by atoms with van der Waals surface area (Å²) in [5.74, 6) is 2.70. The van der Waals surface area contributed by atoms with Crippen molar-refractivity contribution in [3.05, 3.63) is 30.1 Å². The van der Waals surface area contributed by atoms with Gasteiger partial charge in [-0.05, 0) is 36.1 Å². The minimum atomic E-state index is 0.137. The lowest BCUT2D eigenvalue weighted by molar-refractivity contribution is -0.118. The van der Waals surface area contributed by atoms with E-state index in [2.05, 4.69) is 21.3 Å². The van der Waals surface area contributed by atoms with Crippen molar-refractivity contribution in [2.75, 3.05) is 44.4 Å². The van der Waals surface area contributed by atoms with Gasteiger partial charge < -0.3 is 10.1 Å². The molecule has 3 rings (SSSR count). The third-order valence-corrected chi connectivity index (χ3v) is 5.51. The van der Waals surface area contributed by atoms with Crippen molar-refractivity contribution in [1.82, 2.24) is 15.2 Å². The minimum Gasteiger partial charge on any atom is -0.379 e. The van der Waals surface area contributed by atoms with E-state index in [-0.39, 0.29) is 11.9 Å².